The van der Waals surface area contributed by atoms with E-state index in [9.17, 15) is 12.8 Å². The van der Waals surface area contributed by atoms with Gasteiger partial charge in [0.2, 0.25) is 0 Å². The number of pyridine rings is 1. The van der Waals surface area contributed by atoms with Crippen LogP contribution in [0.3, 0.4) is 0 Å². The van der Waals surface area contributed by atoms with Crippen LogP contribution in [0.5, 0.6) is 5.75 Å². The number of ether oxygens (including phenoxy) is 2. The van der Waals surface area contributed by atoms with Gasteiger partial charge in [-0.05, 0) is 67.2 Å². The minimum atomic E-state index is -3.55. The van der Waals surface area contributed by atoms with E-state index in [4.69, 9.17) is 21.1 Å². The van der Waals surface area contributed by atoms with Gasteiger partial charge < -0.3 is 19.7 Å². The molecule has 0 bridgehead atoms. The van der Waals surface area contributed by atoms with Crippen LogP contribution in [0.4, 0.5) is 20.3 Å². The number of benzene rings is 3. The summed E-state index contributed by atoms with van der Waals surface area (Å²) in [6, 6.07) is 19.1. The minimum absolute atomic E-state index is 0.0375. The highest BCUT2D eigenvalue weighted by atomic mass is 35.5. The van der Waals surface area contributed by atoms with E-state index in [1.165, 1.54) is 36.8 Å². The molecule has 2 aromatic heterocycles. The lowest BCUT2D eigenvalue weighted by molar-refractivity contribution is 0.0217. The van der Waals surface area contributed by atoms with E-state index in [-0.39, 0.29) is 29.7 Å². The molecule has 3 aromatic carbocycles. The standard InChI is InChI=1S/C35H32ClF2N5O4S/c1-43(15-17-48(44,45)33-8-2-3-13-39-33)14-12-35(11-5-16-47-35)28-20-27-31(21-30(28)38)40-23-41-34(27)42-26-9-10-32(29(36)19-26)46-22-24-6-4-7-25(37)18-24/h2-10,13,16,18-21,23H,11-12,14-15,17,22H2,1H3,(H,40,41,42). The van der Waals surface area contributed by atoms with Crippen molar-refractivity contribution in [1.82, 2.24) is 19.9 Å². The molecule has 1 aliphatic rings. The van der Waals surface area contributed by atoms with Crippen molar-refractivity contribution in [3.8, 4) is 5.75 Å². The van der Waals surface area contributed by atoms with Crippen LogP contribution in [0.1, 0.15) is 24.0 Å². The second-order valence-corrected chi connectivity index (χ2v) is 14.0. The van der Waals surface area contributed by atoms with Crippen molar-refractivity contribution >= 4 is 43.8 Å². The molecule has 5 aromatic rings. The molecule has 9 nitrogen and oxygen atoms in total. The number of hydrogen-bond acceptors (Lipinski definition) is 9. The molecule has 0 fully saturated rings. The maximum absolute atomic E-state index is 15.8. The zero-order valence-electron chi connectivity index (χ0n) is 25.9. The van der Waals surface area contributed by atoms with Crippen molar-refractivity contribution in [2.24, 2.45) is 0 Å². The predicted molar refractivity (Wildman–Crippen MR) is 180 cm³/mol. The lowest BCUT2D eigenvalue weighted by Crippen LogP contribution is -2.34. The summed E-state index contributed by atoms with van der Waals surface area (Å²) in [5, 5.41) is 4.19. The zero-order chi connectivity index (χ0) is 33.7. The molecule has 13 heteroatoms. The Morgan fingerprint density at radius 3 is 2.65 bits per heavy atom. The molecule has 48 heavy (non-hydrogen) atoms. The molecule has 1 unspecified atom stereocenters. The van der Waals surface area contributed by atoms with Gasteiger partial charge in [0, 0.05) is 54.8 Å². The van der Waals surface area contributed by atoms with Crippen LogP contribution in [0.2, 0.25) is 5.02 Å². The van der Waals surface area contributed by atoms with Crippen molar-refractivity contribution in [2.75, 3.05) is 31.2 Å². The molecular weight excluding hydrogens is 660 g/mol. The maximum Gasteiger partial charge on any atom is 0.196 e. The smallest absolute Gasteiger partial charge is 0.196 e. The first-order valence-electron chi connectivity index (χ1n) is 15.2. The predicted octanol–water partition coefficient (Wildman–Crippen LogP) is 7.20. The van der Waals surface area contributed by atoms with Crippen LogP contribution in [0, 0.1) is 11.6 Å². The average Bonchev–Trinajstić information content (AvgIpc) is 3.56. The zero-order valence-corrected chi connectivity index (χ0v) is 27.5. The largest absolute Gasteiger partial charge is 0.490 e. The highest BCUT2D eigenvalue weighted by molar-refractivity contribution is 7.91. The number of rotatable bonds is 13. The molecular formula is C35H32ClF2N5O4S. The molecule has 248 valence electrons. The fourth-order valence-electron chi connectivity index (χ4n) is 5.48. The molecule has 6 rings (SSSR count). The summed E-state index contributed by atoms with van der Waals surface area (Å²) in [5.41, 5.74) is 1.01. The Hall–Kier alpha value is -4.65. The third-order valence-electron chi connectivity index (χ3n) is 8.13. The molecule has 1 atom stereocenters. The van der Waals surface area contributed by atoms with Gasteiger partial charge in [-0.3, -0.25) is 0 Å². The van der Waals surface area contributed by atoms with E-state index in [0.29, 0.717) is 63.7 Å². The van der Waals surface area contributed by atoms with Gasteiger partial charge in [0.05, 0.1) is 22.6 Å². The minimum Gasteiger partial charge on any atom is -0.490 e. The summed E-state index contributed by atoms with van der Waals surface area (Å²) in [7, 11) is -1.73. The highest BCUT2D eigenvalue weighted by Crippen LogP contribution is 2.41. The second kappa shape index (κ2) is 14.2. The number of anilines is 2. The van der Waals surface area contributed by atoms with E-state index in [0.717, 1.165) is 0 Å². The third-order valence-corrected chi connectivity index (χ3v) is 10.0. The molecule has 1 N–H and O–H groups in total. The molecule has 0 aliphatic carbocycles. The van der Waals surface area contributed by atoms with Crippen LogP contribution < -0.4 is 10.1 Å². The Bertz CT molecular complexity index is 2060. The average molecular weight is 692 g/mol. The van der Waals surface area contributed by atoms with Crippen LogP contribution in [0.15, 0.2) is 103 Å². The third kappa shape index (κ3) is 7.56. The fourth-order valence-corrected chi connectivity index (χ4v) is 6.98. The molecule has 0 saturated heterocycles. The molecule has 3 heterocycles. The number of halogens is 3. The topological polar surface area (TPSA) is 107 Å². The van der Waals surface area contributed by atoms with Gasteiger partial charge >= 0.3 is 0 Å². The number of nitrogens with zero attached hydrogens (tertiary/aromatic N) is 4. The van der Waals surface area contributed by atoms with E-state index < -0.39 is 21.3 Å². The Balaban J connectivity index is 1.18. The number of nitrogens with one attached hydrogen (secondary N) is 1. The summed E-state index contributed by atoms with van der Waals surface area (Å²) < 4.78 is 66.6. The first kappa shape index (κ1) is 33.3. The first-order chi connectivity index (χ1) is 23.1. The summed E-state index contributed by atoms with van der Waals surface area (Å²) in [6.45, 7) is 0.856. The molecule has 0 radical (unpaired) electrons. The van der Waals surface area contributed by atoms with Gasteiger partial charge in [0.1, 0.15) is 41.7 Å². The summed E-state index contributed by atoms with van der Waals surface area (Å²) in [6.07, 6.45) is 7.03. The number of hydrogen-bond donors (Lipinski definition) is 1. The van der Waals surface area contributed by atoms with Crippen molar-refractivity contribution in [2.45, 2.75) is 30.1 Å². The van der Waals surface area contributed by atoms with Crippen LogP contribution in [-0.4, -0.2) is 54.2 Å². The quantitative estimate of drug-likeness (QED) is 0.137. The molecule has 0 saturated carbocycles. The molecule has 1 aliphatic heterocycles. The van der Waals surface area contributed by atoms with Gasteiger partial charge in [0.15, 0.2) is 14.9 Å². The van der Waals surface area contributed by atoms with Gasteiger partial charge in [-0.15, -0.1) is 0 Å². The van der Waals surface area contributed by atoms with E-state index in [1.807, 2.05) is 18.0 Å². The second-order valence-electron chi connectivity index (χ2n) is 11.5. The number of sulfone groups is 1. The van der Waals surface area contributed by atoms with E-state index in [1.54, 1.807) is 54.8 Å². The van der Waals surface area contributed by atoms with Gasteiger partial charge in [-0.2, -0.15) is 0 Å². The summed E-state index contributed by atoms with van der Waals surface area (Å²) >= 11 is 6.52. The number of fused-ring (bicyclic) bond motifs is 1. The Morgan fingerprint density at radius 2 is 1.90 bits per heavy atom. The van der Waals surface area contributed by atoms with Crippen molar-refractivity contribution in [3.63, 3.8) is 0 Å². The maximum atomic E-state index is 15.8. The Labute approximate surface area is 282 Å². The Morgan fingerprint density at radius 1 is 1.02 bits per heavy atom. The van der Waals surface area contributed by atoms with Crippen molar-refractivity contribution < 1.29 is 26.7 Å². The van der Waals surface area contributed by atoms with Crippen LogP contribution >= 0.6 is 11.6 Å². The normalized spacial score (nSPS) is 15.9. The van der Waals surface area contributed by atoms with Crippen LogP contribution in [0.25, 0.3) is 10.9 Å². The van der Waals surface area contributed by atoms with Crippen molar-refractivity contribution in [1.29, 1.82) is 0 Å². The van der Waals surface area contributed by atoms with Crippen LogP contribution in [-0.2, 0) is 26.8 Å². The van der Waals surface area contributed by atoms with Crippen molar-refractivity contribution in [3.05, 3.63) is 125 Å². The lowest BCUT2D eigenvalue weighted by Gasteiger charge is -2.32. The lowest BCUT2D eigenvalue weighted by atomic mass is 9.86. The molecule has 0 spiro atoms. The highest BCUT2D eigenvalue weighted by Gasteiger charge is 2.38. The van der Waals surface area contributed by atoms with E-state index in [2.05, 4.69) is 20.3 Å². The summed E-state index contributed by atoms with van der Waals surface area (Å²) in [5.74, 6) is -0.0627. The first-order valence-corrected chi connectivity index (χ1v) is 17.2. The fraction of sp³-hybridized carbons (Fsp3) is 0.229. The SMILES string of the molecule is CN(CCC1(c2cc3c(Nc4ccc(OCc5cccc(F)c5)c(Cl)c4)ncnc3cc2F)CC=CO1)CCS(=O)(=O)c1ccccn1. The van der Waals surface area contributed by atoms with Gasteiger partial charge in [-0.1, -0.05) is 29.8 Å². The monoisotopic (exact) mass is 691 g/mol. The molecule has 0 amide bonds. The Kier molecular flexibility index (Phi) is 9.86. The van der Waals surface area contributed by atoms with Gasteiger partial charge in [-0.25, -0.2) is 32.2 Å². The summed E-state index contributed by atoms with van der Waals surface area (Å²) in [4.78, 5) is 14.6. The van der Waals surface area contributed by atoms with E-state index >= 15 is 4.39 Å². The van der Waals surface area contributed by atoms with Gasteiger partial charge in [0.25, 0.3) is 0 Å². The number of aromatic nitrogens is 3.